The topological polar surface area (TPSA) is 123 Å². The average Bonchev–Trinajstić information content (AvgIpc) is 3.04. The second-order valence-electron chi connectivity index (χ2n) is 7.93. The molecule has 1 saturated carbocycles. The molecule has 0 spiro atoms. The van der Waals surface area contributed by atoms with Crippen LogP contribution in [0, 0.1) is 0 Å². The first-order chi connectivity index (χ1) is 13.4. The third-order valence-electron chi connectivity index (χ3n) is 5.98. The lowest BCUT2D eigenvalue weighted by Crippen LogP contribution is -2.52. The second kappa shape index (κ2) is 10.0. The Morgan fingerprint density at radius 1 is 1.18 bits per heavy atom. The van der Waals surface area contributed by atoms with Crippen molar-refractivity contribution in [2.24, 2.45) is 5.73 Å². The van der Waals surface area contributed by atoms with Gasteiger partial charge in [0.05, 0.1) is 5.54 Å². The molecule has 1 aliphatic rings. The maximum Gasteiger partial charge on any atom is 0.227 e. The molecule has 28 heavy (non-hydrogen) atoms. The fraction of sp³-hybridized carbons (Fsp3) is 0.800. The summed E-state index contributed by atoms with van der Waals surface area (Å²) in [7, 11) is 0. The van der Waals surface area contributed by atoms with Gasteiger partial charge >= 0.3 is 0 Å². The normalized spacial score (nSPS) is 17.0. The van der Waals surface area contributed by atoms with Gasteiger partial charge < -0.3 is 20.9 Å². The lowest BCUT2D eigenvalue weighted by Gasteiger charge is -2.31. The molecule has 0 bridgehead atoms. The first-order valence-electron chi connectivity index (χ1n) is 10.5. The molecular weight excluding hydrogens is 358 g/mol. The maximum absolute atomic E-state index is 12.4. The van der Waals surface area contributed by atoms with Crippen molar-refractivity contribution in [3.05, 3.63) is 11.7 Å². The molecule has 4 N–H and O–H groups in total. The number of aryl methyl sites for hydroxylation is 1. The van der Waals surface area contributed by atoms with Gasteiger partial charge in [-0.25, -0.2) is 0 Å². The number of nitrogens with two attached hydrogens (primary N) is 1. The number of aromatic nitrogens is 2. The quantitative estimate of drug-likeness (QED) is 0.553. The van der Waals surface area contributed by atoms with E-state index in [0.717, 1.165) is 51.4 Å². The predicted octanol–water partition coefficient (Wildman–Crippen LogP) is 2.32. The zero-order valence-electron chi connectivity index (χ0n) is 17.5. The van der Waals surface area contributed by atoms with Gasteiger partial charge in [0.25, 0.3) is 0 Å². The van der Waals surface area contributed by atoms with Crippen molar-refractivity contribution >= 4 is 11.8 Å². The van der Waals surface area contributed by atoms with Crippen molar-refractivity contribution in [2.75, 3.05) is 6.54 Å². The van der Waals surface area contributed by atoms with Crippen molar-refractivity contribution < 1.29 is 14.1 Å². The van der Waals surface area contributed by atoms with Crippen LogP contribution in [0.5, 0.6) is 0 Å². The number of carbonyl (C=O) groups excluding carboxylic acids is 2. The summed E-state index contributed by atoms with van der Waals surface area (Å²) >= 11 is 0. The fourth-order valence-corrected chi connectivity index (χ4v) is 3.97. The number of rotatable bonds is 9. The van der Waals surface area contributed by atoms with Crippen molar-refractivity contribution in [2.45, 2.75) is 96.1 Å². The van der Waals surface area contributed by atoms with E-state index < -0.39 is 5.54 Å². The van der Waals surface area contributed by atoms with E-state index in [-0.39, 0.29) is 23.8 Å². The molecule has 158 valence electrons. The predicted molar refractivity (Wildman–Crippen MR) is 106 cm³/mol. The lowest BCUT2D eigenvalue weighted by molar-refractivity contribution is -0.123. The molecule has 0 radical (unpaired) electrons. The summed E-state index contributed by atoms with van der Waals surface area (Å²) in [6.45, 7) is 5.98. The Hall–Kier alpha value is -1.96. The number of nitrogens with zero attached hydrogens (tertiary/aromatic N) is 2. The second-order valence-corrected chi connectivity index (χ2v) is 7.93. The lowest BCUT2D eigenvalue weighted by atomic mass is 9.89. The summed E-state index contributed by atoms with van der Waals surface area (Å²) in [6, 6.07) is 0. The highest BCUT2D eigenvalue weighted by Gasteiger charge is 2.38. The van der Waals surface area contributed by atoms with Gasteiger partial charge in [-0.3, -0.25) is 9.59 Å². The van der Waals surface area contributed by atoms with Crippen LogP contribution in [0.15, 0.2) is 4.52 Å². The molecule has 2 rings (SSSR count). The third-order valence-corrected chi connectivity index (χ3v) is 5.98. The summed E-state index contributed by atoms with van der Waals surface area (Å²) in [6.07, 6.45) is 8.12. The van der Waals surface area contributed by atoms with E-state index in [2.05, 4.69) is 20.8 Å². The van der Waals surface area contributed by atoms with E-state index in [4.69, 9.17) is 10.3 Å². The molecular formula is C20H35N5O3. The Balaban J connectivity index is 2.03. The largest absolute Gasteiger partial charge is 0.349 e. The zero-order valence-corrected chi connectivity index (χ0v) is 17.5. The Bertz CT molecular complexity index is 638. The molecule has 1 aromatic heterocycles. The highest BCUT2D eigenvalue weighted by molar-refractivity contribution is 5.77. The fourth-order valence-electron chi connectivity index (χ4n) is 3.97. The molecule has 1 aliphatic carbocycles. The van der Waals surface area contributed by atoms with Crippen LogP contribution in [0.2, 0.25) is 0 Å². The monoisotopic (exact) mass is 393 g/mol. The van der Waals surface area contributed by atoms with Gasteiger partial charge in [-0.05, 0) is 25.7 Å². The summed E-state index contributed by atoms with van der Waals surface area (Å²) in [5.74, 6) is 0.786. The molecule has 1 aromatic rings. The number of hydrogen-bond donors (Lipinski definition) is 3. The average molecular weight is 394 g/mol. The van der Waals surface area contributed by atoms with Crippen molar-refractivity contribution in [1.29, 1.82) is 0 Å². The highest BCUT2D eigenvalue weighted by Crippen LogP contribution is 2.34. The van der Waals surface area contributed by atoms with Crippen LogP contribution in [0.1, 0.15) is 90.3 Å². The number of nitrogens with one attached hydrogen (secondary N) is 2. The third kappa shape index (κ3) is 5.53. The van der Waals surface area contributed by atoms with Crippen LogP contribution >= 0.6 is 0 Å². The maximum atomic E-state index is 12.4. The smallest absolute Gasteiger partial charge is 0.227 e. The number of amides is 2. The van der Waals surface area contributed by atoms with Crippen molar-refractivity contribution in [3.8, 4) is 0 Å². The van der Waals surface area contributed by atoms with Gasteiger partial charge in [0.2, 0.25) is 17.7 Å². The highest BCUT2D eigenvalue weighted by atomic mass is 16.5. The zero-order chi connectivity index (χ0) is 20.6. The summed E-state index contributed by atoms with van der Waals surface area (Å²) in [5, 5.41) is 10.3. The molecule has 0 saturated heterocycles. The number of carbonyl (C=O) groups is 2. The molecule has 0 aromatic carbocycles. The molecule has 8 heteroatoms. The Morgan fingerprint density at radius 3 is 2.36 bits per heavy atom. The van der Waals surface area contributed by atoms with E-state index >= 15 is 0 Å². The van der Waals surface area contributed by atoms with E-state index in [1.165, 1.54) is 6.92 Å². The summed E-state index contributed by atoms with van der Waals surface area (Å²) in [4.78, 5) is 28.7. The standard InChI is InChI=1S/C20H35N5O3/c1-4-19(5-2,14-21)24-16(27)10-11-17-22-18(25-28-17)20(23-15(3)26)12-8-6-7-9-13-20/h4-14,21H2,1-3H3,(H,23,26)(H,24,27). The van der Waals surface area contributed by atoms with Gasteiger partial charge in [-0.1, -0.05) is 44.7 Å². The molecule has 0 atom stereocenters. The minimum atomic E-state index is -0.564. The van der Waals surface area contributed by atoms with Gasteiger partial charge in [0.1, 0.15) is 5.54 Å². The van der Waals surface area contributed by atoms with E-state index in [9.17, 15) is 9.59 Å². The van der Waals surface area contributed by atoms with Crippen molar-refractivity contribution in [3.63, 3.8) is 0 Å². The molecule has 8 nitrogen and oxygen atoms in total. The molecule has 0 aliphatic heterocycles. The minimum Gasteiger partial charge on any atom is -0.349 e. The van der Waals surface area contributed by atoms with Crippen LogP contribution in [-0.2, 0) is 21.5 Å². The Kier molecular flexibility index (Phi) is 7.98. The molecule has 2 amide bonds. The van der Waals surface area contributed by atoms with Gasteiger partial charge in [-0.15, -0.1) is 0 Å². The van der Waals surface area contributed by atoms with Crippen LogP contribution in [0.4, 0.5) is 0 Å². The van der Waals surface area contributed by atoms with Crippen molar-refractivity contribution in [1.82, 2.24) is 20.8 Å². The SMILES string of the molecule is CCC(CC)(CN)NC(=O)CCc1nc(C2(NC(C)=O)CCCCCC2)no1. The summed E-state index contributed by atoms with van der Waals surface area (Å²) in [5.41, 5.74) is 4.93. The first-order valence-corrected chi connectivity index (χ1v) is 10.5. The van der Waals surface area contributed by atoms with Crippen LogP contribution in [0.3, 0.4) is 0 Å². The Morgan fingerprint density at radius 2 is 1.82 bits per heavy atom. The van der Waals surface area contributed by atoms with Crippen LogP contribution < -0.4 is 16.4 Å². The minimum absolute atomic E-state index is 0.0695. The van der Waals surface area contributed by atoms with Crippen LogP contribution in [0.25, 0.3) is 0 Å². The Labute approximate surface area is 167 Å². The number of hydrogen-bond acceptors (Lipinski definition) is 6. The molecule has 0 unspecified atom stereocenters. The summed E-state index contributed by atoms with van der Waals surface area (Å²) < 4.78 is 5.41. The molecule has 1 fully saturated rings. The van der Waals surface area contributed by atoms with E-state index in [0.29, 0.717) is 24.7 Å². The van der Waals surface area contributed by atoms with E-state index in [1.54, 1.807) is 0 Å². The van der Waals surface area contributed by atoms with Crippen LogP contribution in [-0.4, -0.2) is 34.0 Å². The molecule has 1 heterocycles. The van der Waals surface area contributed by atoms with Gasteiger partial charge in [0, 0.05) is 26.3 Å². The van der Waals surface area contributed by atoms with Gasteiger partial charge in [0.15, 0.2) is 5.82 Å². The first kappa shape index (κ1) is 22.3. The van der Waals surface area contributed by atoms with E-state index in [1.807, 2.05) is 13.8 Å². The van der Waals surface area contributed by atoms with Gasteiger partial charge in [-0.2, -0.15) is 4.98 Å².